The summed E-state index contributed by atoms with van der Waals surface area (Å²) >= 11 is 0. The fraction of sp³-hybridized carbons (Fsp3) is 0.923. The highest BCUT2D eigenvalue weighted by Gasteiger charge is 2.35. The van der Waals surface area contributed by atoms with E-state index in [9.17, 15) is 4.79 Å². The molecule has 0 fully saturated rings. The number of hydrogen-bond acceptors (Lipinski definition) is 4. The molecule has 4 heteroatoms. The van der Waals surface area contributed by atoms with Crippen molar-refractivity contribution < 1.29 is 14.3 Å². The van der Waals surface area contributed by atoms with E-state index in [0.29, 0.717) is 13.2 Å². The van der Waals surface area contributed by atoms with Crippen molar-refractivity contribution in [3.05, 3.63) is 0 Å². The molecule has 0 amide bonds. The Bertz CT molecular complexity index is 219. The van der Waals surface area contributed by atoms with Gasteiger partial charge in [0.2, 0.25) is 0 Å². The maximum Gasteiger partial charge on any atom is 0.328 e. The molecule has 0 rings (SSSR count). The van der Waals surface area contributed by atoms with Gasteiger partial charge in [-0.1, -0.05) is 19.8 Å². The third-order valence-corrected chi connectivity index (χ3v) is 2.53. The summed E-state index contributed by atoms with van der Waals surface area (Å²) in [6.45, 7) is 9.01. The molecule has 1 unspecified atom stereocenters. The molecule has 0 bridgehead atoms. The van der Waals surface area contributed by atoms with E-state index >= 15 is 0 Å². The summed E-state index contributed by atoms with van der Waals surface area (Å²) in [5, 5.41) is 3.20. The van der Waals surface area contributed by atoms with E-state index in [2.05, 4.69) is 12.2 Å². The number of nitrogens with one attached hydrogen (secondary N) is 1. The van der Waals surface area contributed by atoms with Crippen molar-refractivity contribution in [2.45, 2.75) is 58.5 Å². The van der Waals surface area contributed by atoms with Crippen molar-refractivity contribution in [2.24, 2.45) is 0 Å². The monoisotopic (exact) mass is 245 g/mol. The third-order valence-electron chi connectivity index (χ3n) is 2.53. The smallest absolute Gasteiger partial charge is 0.328 e. The molecular formula is C13H27NO3. The zero-order chi connectivity index (χ0) is 13.3. The molecule has 0 aliphatic rings. The van der Waals surface area contributed by atoms with Gasteiger partial charge in [-0.15, -0.1) is 0 Å². The van der Waals surface area contributed by atoms with Crippen LogP contribution in [0, 0.1) is 0 Å². The van der Waals surface area contributed by atoms with Crippen molar-refractivity contribution in [1.82, 2.24) is 5.32 Å². The van der Waals surface area contributed by atoms with E-state index in [1.807, 2.05) is 20.8 Å². The van der Waals surface area contributed by atoms with Crippen LogP contribution in [0.15, 0.2) is 0 Å². The highest BCUT2D eigenvalue weighted by atomic mass is 16.5. The molecule has 0 spiro atoms. The van der Waals surface area contributed by atoms with Gasteiger partial charge in [-0.3, -0.25) is 5.32 Å². The maximum absolute atomic E-state index is 11.7. The molecule has 0 radical (unpaired) electrons. The number of esters is 1. The second-order valence-electron chi connectivity index (χ2n) is 4.88. The van der Waals surface area contributed by atoms with Gasteiger partial charge < -0.3 is 9.47 Å². The lowest BCUT2D eigenvalue weighted by Crippen LogP contribution is -2.56. The van der Waals surface area contributed by atoms with Crippen molar-refractivity contribution in [3.63, 3.8) is 0 Å². The van der Waals surface area contributed by atoms with Gasteiger partial charge in [-0.2, -0.15) is 0 Å². The lowest BCUT2D eigenvalue weighted by Gasteiger charge is -2.29. The van der Waals surface area contributed by atoms with Crippen LogP contribution in [0.5, 0.6) is 0 Å². The molecule has 0 aliphatic carbocycles. The second-order valence-corrected chi connectivity index (χ2v) is 4.88. The second kappa shape index (κ2) is 8.48. The molecule has 0 aromatic carbocycles. The molecule has 0 aromatic heterocycles. The number of rotatable bonds is 9. The lowest BCUT2D eigenvalue weighted by molar-refractivity contribution is -0.151. The van der Waals surface area contributed by atoms with Gasteiger partial charge in [0.15, 0.2) is 0 Å². The molecule has 0 aromatic rings. The Morgan fingerprint density at radius 1 is 1.35 bits per heavy atom. The van der Waals surface area contributed by atoms with Gasteiger partial charge in [0.25, 0.3) is 0 Å². The topological polar surface area (TPSA) is 47.6 Å². The summed E-state index contributed by atoms with van der Waals surface area (Å²) in [7, 11) is 1.40. The summed E-state index contributed by atoms with van der Waals surface area (Å²) in [6, 6.07) is 0.207. The first-order valence-corrected chi connectivity index (χ1v) is 6.40. The van der Waals surface area contributed by atoms with Crippen molar-refractivity contribution in [1.29, 1.82) is 0 Å². The van der Waals surface area contributed by atoms with Crippen LogP contribution < -0.4 is 5.32 Å². The minimum absolute atomic E-state index is 0.207. The van der Waals surface area contributed by atoms with Gasteiger partial charge in [-0.25, -0.2) is 4.79 Å². The predicted molar refractivity (Wildman–Crippen MR) is 69.0 cm³/mol. The molecule has 1 atom stereocenters. The predicted octanol–water partition coefficient (Wildman–Crippen LogP) is 2.12. The molecule has 4 nitrogen and oxygen atoms in total. The summed E-state index contributed by atoms with van der Waals surface area (Å²) in [5.41, 5.74) is -0.755. The van der Waals surface area contributed by atoms with E-state index in [1.54, 1.807) is 0 Å². The minimum atomic E-state index is -0.755. The summed E-state index contributed by atoms with van der Waals surface area (Å²) < 4.78 is 10.4. The highest BCUT2D eigenvalue weighted by Crippen LogP contribution is 2.09. The van der Waals surface area contributed by atoms with Crippen LogP contribution in [0.1, 0.15) is 47.0 Å². The van der Waals surface area contributed by atoms with Crippen LogP contribution in [0.2, 0.25) is 0 Å². The first kappa shape index (κ1) is 16.4. The zero-order valence-electron chi connectivity index (χ0n) is 11.8. The lowest BCUT2D eigenvalue weighted by atomic mass is 10.0. The molecule has 0 saturated heterocycles. The average Bonchev–Trinajstić information content (AvgIpc) is 2.26. The van der Waals surface area contributed by atoms with Crippen LogP contribution in [0.3, 0.4) is 0 Å². The molecule has 0 saturated carbocycles. The maximum atomic E-state index is 11.7. The van der Waals surface area contributed by atoms with Crippen LogP contribution in [-0.2, 0) is 14.3 Å². The van der Waals surface area contributed by atoms with Crippen LogP contribution in [0.25, 0.3) is 0 Å². The quantitative estimate of drug-likeness (QED) is 0.499. The Labute approximate surface area is 105 Å². The molecule has 17 heavy (non-hydrogen) atoms. The first-order valence-electron chi connectivity index (χ1n) is 6.40. The van der Waals surface area contributed by atoms with Crippen molar-refractivity contribution in [2.75, 3.05) is 20.3 Å². The highest BCUT2D eigenvalue weighted by molar-refractivity contribution is 5.80. The first-order chi connectivity index (χ1) is 7.96. The van der Waals surface area contributed by atoms with Crippen molar-refractivity contribution >= 4 is 5.97 Å². The van der Waals surface area contributed by atoms with Crippen molar-refractivity contribution in [3.8, 4) is 0 Å². The number of carbonyl (C=O) groups excluding carboxylic acids is 1. The van der Waals surface area contributed by atoms with E-state index in [-0.39, 0.29) is 12.0 Å². The van der Waals surface area contributed by atoms with Gasteiger partial charge in [-0.05, 0) is 27.2 Å². The SMILES string of the molecule is CCCCCOCC(C)(NC(C)C)C(=O)OC. The largest absolute Gasteiger partial charge is 0.468 e. The number of unbranched alkanes of at least 4 members (excludes halogenated alkanes) is 2. The molecular weight excluding hydrogens is 218 g/mol. The number of ether oxygens (including phenoxy) is 2. The molecule has 0 aliphatic heterocycles. The van der Waals surface area contributed by atoms with E-state index in [1.165, 1.54) is 13.5 Å². The Hall–Kier alpha value is -0.610. The Morgan fingerprint density at radius 2 is 2.00 bits per heavy atom. The molecule has 1 N–H and O–H groups in total. The number of methoxy groups -OCH3 is 1. The number of carbonyl (C=O) groups is 1. The molecule has 102 valence electrons. The molecule has 0 heterocycles. The normalized spacial score (nSPS) is 14.7. The Morgan fingerprint density at radius 3 is 2.47 bits per heavy atom. The van der Waals surface area contributed by atoms with E-state index in [0.717, 1.165) is 12.8 Å². The Kier molecular flexibility index (Phi) is 8.17. The van der Waals surface area contributed by atoms with Crippen LogP contribution >= 0.6 is 0 Å². The van der Waals surface area contributed by atoms with Gasteiger partial charge in [0.1, 0.15) is 5.54 Å². The van der Waals surface area contributed by atoms with Crippen LogP contribution in [0.4, 0.5) is 0 Å². The fourth-order valence-corrected chi connectivity index (χ4v) is 1.75. The van der Waals surface area contributed by atoms with E-state index < -0.39 is 5.54 Å². The van der Waals surface area contributed by atoms with Gasteiger partial charge in [0.05, 0.1) is 13.7 Å². The van der Waals surface area contributed by atoms with Gasteiger partial charge >= 0.3 is 5.97 Å². The summed E-state index contributed by atoms with van der Waals surface area (Å²) in [4.78, 5) is 11.7. The average molecular weight is 245 g/mol. The Balaban J connectivity index is 4.15. The van der Waals surface area contributed by atoms with E-state index in [4.69, 9.17) is 9.47 Å². The zero-order valence-corrected chi connectivity index (χ0v) is 11.8. The summed E-state index contributed by atoms with van der Waals surface area (Å²) in [5.74, 6) is -0.276. The third kappa shape index (κ3) is 6.64. The minimum Gasteiger partial charge on any atom is -0.468 e. The fourth-order valence-electron chi connectivity index (χ4n) is 1.75. The number of hydrogen-bond donors (Lipinski definition) is 1. The standard InChI is InChI=1S/C13H27NO3/c1-6-7-8-9-17-10-13(4,12(15)16-5)14-11(2)3/h11,14H,6-10H2,1-5H3. The summed E-state index contributed by atoms with van der Waals surface area (Å²) in [6.07, 6.45) is 3.36. The van der Waals surface area contributed by atoms with Crippen LogP contribution in [-0.4, -0.2) is 37.9 Å². The van der Waals surface area contributed by atoms with Gasteiger partial charge in [0, 0.05) is 12.6 Å².